The van der Waals surface area contributed by atoms with Crippen molar-refractivity contribution in [1.29, 1.82) is 0 Å². The number of anilines is 4. The van der Waals surface area contributed by atoms with Crippen LogP contribution < -0.4 is 20.4 Å². The number of morpholine rings is 2. The maximum absolute atomic E-state index is 13.1. The van der Waals surface area contributed by atoms with Gasteiger partial charge < -0.3 is 39.4 Å². The molecule has 2 amide bonds. The van der Waals surface area contributed by atoms with Gasteiger partial charge >= 0.3 is 12.4 Å². The highest BCUT2D eigenvalue weighted by atomic mass is 35.5. The number of hydrogen-bond donors (Lipinski definition) is 2. The van der Waals surface area contributed by atoms with Crippen LogP contribution in [0.15, 0.2) is 97.6 Å². The maximum atomic E-state index is 13.1. The molecule has 10 rings (SSSR count). The summed E-state index contributed by atoms with van der Waals surface area (Å²) >= 11 is 6.33. The van der Waals surface area contributed by atoms with E-state index in [1.165, 1.54) is 12.1 Å². The van der Waals surface area contributed by atoms with Crippen molar-refractivity contribution >= 4 is 46.2 Å². The van der Waals surface area contributed by atoms with Crippen LogP contribution in [0.3, 0.4) is 0 Å². The molecular weight excluding hydrogens is 1080 g/mol. The zero-order chi connectivity index (χ0) is 57.5. The van der Waals surface area contributed by atoms with E-state index in [0.717, 1.165) is 134 Å². The zero-order valence-electron chi connectivity index (χ0n) is 44.6. The Balaban J connectivity index is 0.000000189. The Kier molecular flexibility index (Phi) is 20.4. The second kappa shape index (κ2) is 27.7. The highest BCUT2D eigenvalue weighted by Gasteiger charge is 2.34. The predicted octanol–water partition coefficient (Wildman–Crippen LogP) is 11.6. The normalized spacial score (nSPS) is 16.0. The fraction of sp³-hybridized carbons (Fsp3) is 0.367. The van der Waals surface area contributed by atoms with Crippen molar-refractivity contribution in [3.63, 3.8) is 0 Å². The molecule has 0 unspecified atom stereocenters. The fourth-order valence-electron chi connectivity index (χ4n) is 9.11. The summed E-state index contributed by atoms with van der Waals surface area (Å²) in [6, 6.07) is 18.6. The molecule has 0 bridgehead atoms. The topological polar surface area (TPSA) is 153 Å². The van der Waals surface area contributed by atoms with E-state index < -0.39 is 35.6 Å². The van der Waals surface area contributed by atoms with Gasteiger partial charge in [-0.25, -0.2) is 9.97 Å². The number of carbonyl (C=O) groups excluding carboxylic acids is 2. The highest BCUT2D eigenvalue weighted by molar-refractivity contribution is 6.32. The van der Waals surface area contributed by atoms with E-state index >= 15 is 0 Å². The van der Waals surface area contributed by atoms with Gasteiger partial charge in [0.1, 0.15) is 17.1 Å². The standard InChI is InChI=1S/C30H29F3N4O3.C23H20ClF3N4O2.C7H10O/c1-20-2-4-24(36-29(38)22-6-9-34-28(17-22)30(31,32)33)18-25(20)23-16-27(37-10-14-40-15-11-37)26(35-19-23)5-3-21-7-12-39-13-8-21;1-14-2-3-17(30-22(32)15-4-5-28-20(11-15)23(25,26)27)12-18(14)16-10-19(21(24)29-13-16)31-6-8-33-9-7-31;1-2-7-3-5-8-6-4-7/h2,4,6,9,16-19,21H,7-8,10-15H2,1H3,(H,36,38);2-5,10-13H,6-9H2,1H3,(H,30,32);1,7H,3-6H2. The first-order chi connectivity index (χ1) is 38.9. The van der Waals surface area contributed by atoms with Gasteiger partial charge in [0, 0.05) is 123 Å². The number of rotatable bonds is 8. The fourth-order valence-corrected chi connectivity index (χ4v) is 9.33. The van der Waals surface area contributed by atoms with Crippen molar-refractivity contribution < 1.29 is 54.9 Å². The molecule has 2 N–H and O–H groups in total. The average Bonchev–Trinajstić information content (AvgIpc) is 3.65. The lowest BCUT2D eigenvalue weighted by Gasteiger charge is -2.29. The van der Waals surface area contributed by atoms with Crippen LogP contribution in [0.25, 0.3) is 22.3 Å². The van der Waals surface area contributed by atoms with Crippen molar-refractivity contribution in [1.82, 2.24) is 19.9 Å². The summed E-state index contributed by atoms with van der Waals surface area (Å²) in [6.07, 6.45) is 5.21. The van der Waals surface area contributed by atoms with Crippen LogP contribution >= 0.6 is 11.6 Å². The van der Waals surface area contributed by atoms with Crippen LogP contribution in [0.4, 0.5) is 49.1 Å². The van der Waals surface area contributed by atoms with E-state index in [1.807, 2.05) is 32.0 Å². The summed E-state index contributed by atoms with van der Waals surface area (Å²) in [7, 11) is 0. The first-order valence-corrected chi connectivity index (χ1v) is 26.7. The largest absolute Gasteiger partial charge is 0.433 e. The number of terminal acetylenes is 1. The lowest BCUT2D eigenvalue weighted by Crippen LogP contribution is -2.36. The van der Waals surface area contributed by atoms with Crippen LogP contribution in [-0.2, 0) is 31.3 Å². The Labute approximate surface area is 470 Å². The van der Waals surface area contributed by atoms with Crippen molar-refractivity contribution in [2.24, 2.45) is 11.8 Å². The number of nitrogens with zero attached hydrogens (tertiary/aromatic N) is 6. The van der Waals surface area contributed by atoms with Gasteiger partial charge in [0.05, 0.1) is 37.8 Å². The summed E-state index contributed by atoms with van der Waals surface area (Å²) in [5.74, 6) is 8.85. The second-order valence-electron chi connectivity index (χ2n) is 19.4. The van der Waals surface area contributed by atoms with E-state index in [4.69, 9.17) is 42.0 Å². The van der Waals surface area contributed by atoms with E-state index in [1.54, 1.807) is 36.7 Å². The summed E-state index contributed by atoms with van der Waals surface area (Å²) in [5, 5.41) is 5.75. The molecule has 6 aromatic rings. The average molecular weight is 1140 g/mol. The van der Waals surface area contributed by atoms with E-state index in [-0.39, 0.29) is 17.0 Å². The molecule has 8 heterocycles. The minimum atomic E-state index is -4.64. The monoisotopic (exact) mass is 1140 g/mol. The molecule has 0 atom stereocenters. The van der Waals surface area contributed by atoms with Crippen molar-refractivity contribution in [3.8, 4) is 46.4 Å². The SMILES string of the molecule is C#CC1CCOCC1.Cc1ccc(NC(=O)c2ccnc(C(F)(F)F)c2)cc1-c1cnc(C#CC2CCOCC2)c(N2CCOCC2)c1.Cc1ccc(NC(=O)c2ccnc(C(F)(F)F)c2)cc1-c1cnc(Cl)c(N2CCOCC2)c1. The summed E-state index contributed by atoms with van der Waals surface area (Å²) in [5.41, 5.74) is 6.00. The zero-order valence-corrected chi connectivity index (χ0v) is 45.3. The number of amides is 2. The third-order valence-electron chi connectivity index (χ3n) is 13.7. The van der Waals surface area contributed by atoms with Crippen LogP contribution in [-0.4, -0.2) is 111 Å². The molecule has 0 spiro atoms. The molecular formula is C60H59ClF6N8O6. The number of nitrogens with one attached hydrogen (secondary N) is 2. The molecule has 424 valence electrons. The van der Waals surface area contributed by atoms with Gasteiger partial charge in [-0.1, -0.05) is 29.7 Å². The lowest BCUT2D eigenvalue weighted by molar-refractivity contribution is -0.142. The quantitative estimate of drug-likeness (QED) is 0.0847. The first kappa shape index (κ1) is 59.5. The van der Waals surface area contributed by atoms with Crippen molar-refractivity contribution in [2.75, 3.05) is 99.5 Å². The number of pyridine rings is 4. The number of aromatic nitrogens is 4. The Morgan fingerprint density at radius 1 is 0.580 bits per heavy atom. The highest BCUT2D eigenvalue weighted by Crippen LogP contribution is 2.35. The van der Waals surface area contributed by atoms with Gasteiger partial charge in [-0.3, -0.25) is 19.6 Å². The molecule has 0 radical (unpaired) electrons. The molecule has 4 aromatic heterocycles. The van der Waals surface area contributed by atoms with Crippen LogP contribution in [0.2, 0.25) is 5.15 Å². The number of hydrogen-bond acceptors (Lipinski definition) is 12. The molecule has 4 saturated heterocycles. The van der Waals surface area contributed by atoms with E-state index in [2.05, 4.69) is 59.2 Å². The number of halogens is 7. The van der Waals surface area contributed by atoms with Gasteiger partial charge in [0.2, 0.25) is 0 Å². The molecule has 21 heteroatoms. The smallest absolute Gasteiger partial charge is 0.381 e. The summed E-state index contributed by atoms with van der Waals surface area (Å²) < 4.78 is 99.4. The minimum absolute atomic E-state index is 0.131. The molecule has 4 aliphatic rings. The molecule has 14 nitrogen and oxygen atoms in total. The van der Waals surface area contributed by atoms with Crippen LogP contribution in [0, 0.1) is 49.9 Å². The third-order valence-corrected chi connectivity index (χ3v) is 14.0. The first-order valence-electron chi connectivity index (χ1n) is 26.3. The number of aryl methyl sites for hydroxylation is 2. The predicted molar refractivity (Wildman–Crippen MR) is 297 cm³/mol. The minimum Gasteiger partial charge on any atom is -0.381 e. The second-order valence-corrected chi connectivity index (χ2v) is 19.7. The van der Waals surface area contributed by atoms with Gasteiger partial charge in [-0.05, 0) is 128 Å². The van der Waals surface area contributed by atoms with Gasteiger partial charge in [-0.2, -0.15) is 26.3 Å². The molecule has 4 aliphatic heterocycles. The van der Waals surface area contributed by atoms with Crippen LogP contribution in [0.5, 0.6) is 0 Å². The van der Waals surface area contributed by atoms with Gasteiger partial charge in [-0.15, -0.1) is 12.3 Å². The molecule has 81 heavy (non-hydrogen) atoms. The molecule has 0 saturated carbocycles. The number of carbonyl (C=O) groups is 2. The van der Waals surface area contributed by atoms with E-state index in [9.17, 15) is 35.9 Å². The van der Waals surface area contributed by atoms with Crippen molar-refractivity contribution in [3.05, 3.63) is 142 Å². The van der Waals surface area contributed by atoms with Gasteiger partial charge in [0.15, 0.2) is 5.15 Å². The summed E-state index contributed by atoms with van der Waals surface area (Å²) in [6.45, 7) is 12.3. The van der Waals surface area contributed by atoms with Crippen molar-refractivity contribution in [2.45, 2.75) is 51.9 Å². The Bertz CT molecular complexity index is 3270. The maximum Gasteiger partial charge on any atom is 0.433 e. The Morgan fingerprint density at radius 3 is 1.47 bits per heavy atom. The number of benzene rings is 2. The third kappa shape index (κ3) is 16.5. The van der Waals surface area contributed by atoms with Crippen LogP contribution in [0.1, 0.15) is 74.6 Å². The number of alkyl halides is 6. The Morgan fingerprint density at radius 2 is 1.01 bits per heavy atom. The molecule has 4 fully saturated rings. The molecule has 0 aliphatic carbocycles. The van der Waals surface area contributed by atoms with E-state index in [0.29, 0.717) is 67.7 Å². The summed E-state index contributed by atoms with van der Waals surface area (Å²) in [4.78, 5) is 45.3. The Hall–Kier alpha value is -7.59. The molecule has 2 aromatic carbocycles. The van der Waals surface area contributed by atoms with Gasteiger partial charge in [0.25, 0.3) is 11.8 Å². The lowest BCUT2D eigenvalue weighted by atomic mass is 9.99. The number of ether oxygens (including phenoxy) is 4.